The van der Waals surface area contributed by atoms with Gasteiger partial charge in [-0.2, -0.15) is 0 Å². The van der Waals surface area contributed by atoms with Crippen LogP contribution in [0.15, 0.2) is 94.7 Å². The molecular formula is C25H21N3O3. The smallest absolute Gasteiger partial charge is 0.336 e. The number of aliphatic imine (C=N–C) groups is 1. The second-order valence-electron chi connectivity index (χ2n) is 7.09. The van der Waals surface area contributed by atoms with Crippen LogP contribution in [0, 0.1) is 6.92 Å². The zero-order chi connectivity index (χ0) is 22.0. The molecule has 0 saturated carbocycles. The number of rotatable bonds is 5. The summed E-state index contributed by atoms with van der Waals surface area (Å²) in [6.45, 7) is 1.82. The Labute approximate surface area is 179 Å². The number of nitrogens with zero attached hydrogens (tertiary/aromatic N) is 3. The molecule has 0 amide bonds. The molecule has 4 aromatic rings. The van der Waals surface area contributed by atoms with Crippen LogP contribution in [0.4, 0.5) is 5.69 Å². The topological polar surface area (TPSA) is 76.6 Å². The summed E-state index contributed by atoms with van der Waals surface area (Å²) in [5.74, 6) is -1.05. The highest BCUT2D eigenvalue weighted by Gasteiger charge is 2.20. The predicted molar refractivity (Wildman–Crippen MR) is 121 cm³/mol. The van der Waals surface area contributed by atoms with Gasteiger partial charge < -0.3 is 5.11 Å². The monoisotopic (exact) mass is 411 g/mol. The van der Waals surface area contributed by atoms with Crippen LogP contribution in [-0.2, 0) is 7.05 Å². The summed E-state index contributed by atoms with van der Waals surface area (Å²) in [6.07, 6.45) is 0. The maximum atomic E-state index is 13.3. The molecule has 0 spiro atoms. The second kappa shape index (κ2) is 8.28. The summed E-state index contributed by atoms with van der Waals surface area (Å²) in [5, 5.41) is 9.71. The average Bonchev–Trinajstić information content (AvgIpc) is 3.01. The molecule has 3 aromatic carbocycles. The van der Waals surface area contributed by atoms with Gasteiger partial charge in [-0.3, -0.25) is 9.48 Å². The second-order valence-corrected chi connectivity index (χ2v) is 7.09. The Hall–Kier alpha value is -4.19. The lowest BCUT2D eigenvalue weighted by Crippen LogP contribution is -2.19. The van der Waals surface area contributed by atoms with Crippen molar-refractivity contribution < 1.29 is 9.90 Å². The Bertz CT molecular complexity index is 1330. The van der Waals surface area contributed by atoms with E-state index >= 15 is 0 Å². The number of carboxylic acid groups (broad SMARTS) is 1. The van der Waals surface area contributed by atoms with Gasteiger partial charge in [-0.05, 0) is 25.1 Å². The van der Waals surface area contributed by atoms with E-state index in [2.05, 4.69) is 0 Å². The molecule has 0 atom stereocenters. The normalized spacial score (nSPS) is 11.5. The van der Waals surface area contributed by atoms with Crippen molar-refractivity contribution in [2.75, 3.05) is 0 Å². The SMILES string of the molecule is Cc1c(N=C(c2ccccc2)c2ccccc2C(=O)O)c(=O)n(-c2ccccc2)n1C. The van der Waals surface area contributed by atoms with E-state index < -0.39 is 5.97 Å². The van der Waals surface area contributed by atoms with Gasteiger partial charge in [0.25, 0.3) is 5.56 Å². The molecule has 1 aromatic heterocycles. The molecule has 0 bridgehead atoms. The van der Waals surface area contributed by atoms with Crippen LogP contribution in [0.2, 0.25) is 0 Å². The van der Waals surface area contributed by atoms with Crippen LogP contribution in [0.1, 0.15) is 27.2 Å². The first-order valence-corrected chi connectivity index (χ1v) is 9.80. The van der Waals surface area contributed by atoms with Crippen molar-refractivity contribution in [2.45, 2.75) is 6.92 Å². The molecule has 0 saturated heterocycles. The van der Waals surface area contributed by atoms with Gasteiger partial charge in [-0.1, -0.05) is 66.7 Å². The number of carboxylic acids is 1. The quantitative estimate of drug-likeness (QED) is 0.496. The van der Waals surface area contributed by atoms with Crippen molar-refractivity contribution in [1.29, 1.82) is 0 Å². The Morgan fingerprint density at radius 1 is 0.839 bits per heavy atom. The van der Waals surface area contributed by atoms with Crippen molar-refractivity contribution in [3.05, 3.63) is 118 Å². The highest BCUT2D eigenvalue weighted by atomic mass is 16.4. The highest BCUT2D eigenvalue weighted by molar-refractivity contribution is 6.18. The van der Waals surface area contributed by atoms with E-state index in [-0.39, 0.29) is 16.8 Å². The first-order chi connectivity index (χ1) is 15.0. The molecule has 0 fully saturated rings. The first kappa shape index (κ1) is 20.1. The number of para-hydroxylation sites is 1. The molecule has 31 heavy (non-hydrogen) atoms. The van der Waals surface area contributed by atoms with Gasteiger partial charge in [-0.15, -0.1) is 0 Å². The lowest BCUT2D eigenvalue weighted by molar-refractivity contribution is 0.0696. The molecule has 1 N–H and O–H groups in total. The number of aromatic carboxylic acids is 1. The van der Waals surface area contributed by atoms with Gasteiger partial charge >= 0.3 is 5.97 Å². The van der Waals surface area contributed by atoms with Gasteiger partial charge in [0, 0.05) is 18.2 Å². The third-order valence-electron chi connectivity index (χ3n) is 5.21. The third kappa shape index (κ3) is 3.71. The van der Waals surface area contributed by atoms with E-state index in [1.54, 1.807) is 34.6 Å². The zero-order valence-corrected chi connectivity index (χ0v) is 17.2. The van der Waals surface area contributed by atoms with Crippen LogP contribution >= 0.6 is 0 Å². The molecule has 4 rings (SSSR count). The van der Waals surface area contributed by atoms with Gasteiger partial charge in [0.1, 0.15) is 0 Å². The standard InChI is InChI=1S/C25H21N3O3/c1-17-22(24(29)28(27(17)2)19-13-7-4-8-14-19)26-23(18-11-5-3-6-12-18)20-15-9-10-16-21(20)25(30)31/h3-16H,1-2H3,(H,30,31). The third-order valence-corrected chi connectivity index (χ3v) is 5.21. The molecule has 6 heteroatoms. The summed E-state index contributed by atoms with van der Waals surface area (Å²) < 4.78 is 3.31. The summed E-state index contributed by atoms with van der Waals surface area (Å²) in [6, 6.07) is 25.3. The summed E-state index contributed by atoms with van der Waals surface area (Å²) >= 11 is 0. The number of hydrogen-bond donors (Lipinski definition) is 1. The summed E-state index contributed by atoms with van der Waals surface area (Å²) in [7, 11) is 1.80. The summed E-state index contributed by atoms with van der Waals surface area (Å²) in [4.78, 5) is 30.0. The van der Waals surface area contributed by atoms with Crippen molar-refractivity contribution in [3.8, 4) is 5.69 Å². The lowest BCUT2D eigenvalue weighted by atomic mass is 9.97. The largest absolute Gasteiger partial charge is 0.478 e. The molecule has 154 valence electrons. The van der Waals surface area contributed by atoms with Crippen LogP contribution in [0.5, 0.6) is 0 Å². The van der Waals surface area contributed by atoms with Crippen LogP contribution in [-0.4, -0.2) is 26.2 Å². The zero-order valence-electron chi connectivity index (χ0n) is 17.2. The van der Waals surface area contributed by atoms with E-state index in [0.29, 0.717) is 17.0 Å². The molecule has 0 aliphatic heterocycles. The number of benzene rings is 3. The molecule has 1 heterocycles. The molecule has 6 nitrogen and oxygen atoms in total. The first-order valence-electron chi connectivity index (χ1n) is 9.80. The van der Waals surface area contributed by atoms with E-state index in [1.165, 1.54) is 6.07 Å². The van der Waals surface area contributed by atoms with Crippen LogP contribution in [0.25, 0.3) is 5.69 Å². The molecule has 0 aliphatic rings. The Morgan fingerprint density at radius 3 is 2.00 bits per heavy atom. The van der Waals surface area contributed by atoms with Gasteiger partial charge in [0.05, 0.1) is 22.7 Å². The molecule has 0 unspecified atom stereocenters. The molecular weight excluding hydrogens is 390 g/mol. The summed E-state index contributed by atoms with van der Waals surface area (Å²) in [5.41, 5.74) is 3.14. The number of hydrogen-bond acceptors (Lipinski definition) is 3. The van der Waals surface area contributed by atoms with E-state index in [1.807, 2.05) is 67.6 Å². The highest BCUT2D eigenvalue weighted by Crippen LogP contribution is 2.22. The van der Waals surface area contributed by atoms with Crippen molar-refractivity contribution in [3.63, 3.8) is 0 Å². The van der Waals surface area contributed by atoms with Gasteiger partial charge in [-0.25, -0.2) is 14.5 Å². The Kier molecular flexibility index (Phi) is 5.37. The fourth-order valence-corrected chi connectivity index (χ4v) is 3.55. The van der Waals surface area contributed by atoms with E-state index in [0.717, 1.165) is 11.3 Å². The maximum Gasteiger partial charge on any atom is 0.336 e. The lowest BCUT2D eigenvalue weighted by Gasteiger charge is -2.10. The Balaban J connectivity index is 2.00. The molecule has 0 radical (unpaired) electrons. The number of aromatic nitrogens is 2. The minimum absolute atomic E-state index is 0.127. The fraction of sp³-hybridized carbons (Fsp3) is 0.0800. The predicted octanol–water partition coefficient (Wildman–Crippen LogP) is 4.35. The van der Waals surface area contributed by atoms with Gasteiger partial charge in [0.2, 0.25) is 0 Å². The van der Waals surface area contributed by atoms with E-state index in [9.17, 15) is 14.7 Å². The average molecular weight is 411 g/mol. The van der Waals surface area contributed by atoms with E-state index in [4.69, 9.17) is 4.99 Å². The van der Waals surface area contributed by atoms with Crippen molar-refractivity contribution in [1.82, 2.24) is 9.36 Å². The van der Waals surface area contributed by atoms with Crippen LogP contribution < -0.4 is 5.56 Å². The van der Waals surface area contributed by atoms with Crippen molar-refractivity contribution >= 4 is 17.4 Å². The maximum absolute atomic E-state index is 13.3. The molecule has 0 aliphatic carbocycles. The minimum Gasteiger partial charge on any atom is -0.478 e. The fourth-order valence-electron chi connectivity index (χ4n) is 3.55. The van der Waals surface area contributed by atoms with Crippen LogP contribution in [0.3, 0.4) is 0 Å². The number of carbonyl (C=O) groups is 1. The van der Waals surface area contributed by atoms with Crippen molar-refractivity contribution in [2.24, 2.45) is 12.0 Å². The minimum atomic E-state index is -1.05. The van der Waals surface area contributed by atoms with Gasteiger partial charge in [0.15, 0.2) is 5.69 Å². The Morgan fingerprint density at radius 2 is 1.39 bits per heavy atom.